The Morgan fingerprint density at radius 2 is 0.807 bits per heavy atom. The van der Waals surface area contributed by atoms with Gasteiger partial charge in [0.05, 0.1) is 11.0 Å². The van der Waals surface area contributed by atoms with Crippen LogP contribution in [-0.2, 0) is 0 Å². The maximum Gasteiger partial charge on any atom is 0.164 e. The Hall–Kier alpha value is -7.83. The molecule has 0 aliphatic heterocycles. The van der Waals surface area contributed by atoms with E-state index in [1.54, 1.807) is 0 Å². The molecular weight excluding hydrogens is 701 g/mol. The van der Waals surface area contributed by atoms with Gasteiger partial charge in [0.25, 0.3) is 0 Å². The van der Waals surface area contributed by atoms with Crippen LogP contribution in [0.5, 0.6) is 0 Å². The van der Waals surface area contributed by atoms with Gasteiger partial charge in [-0.3, -0.25) is 0 Å². The zero-order valence-electron chi connectivity index (χ0n) is 30.4. The molecule has 0 radical (unpaired) electrons. The molecule has 0 atom stereocenters. The maximum absolute atomic E-state index is 6.70. The average molecular weight is 731 g/mol. The second-order valence-corrected chi connectivity index (χ2v) is 14.3. The van der Waals surface area contributed by atoms with Crippen molar-refractivity contribution in [3.8, 4) is 51.0 Å². The number of aromatic nitrogens is 4. The normalized spacial score (nSPS) is 11.9. The topological polar surface area (TPSA) is 69.9 Å². The van der Waals surface area contributed by atoms with Gasteiger partial charge in [-0.25, -0.2) is 15.0 Å². The van der Waals surface area contributed by atoms with Crippen molar-refractivity contribution in [2.75, 3.05) is 0 Å². The minimum atomic E-state index is 0.579. The van der Waals surface area contributed by atoms with Crippen molar-refractivity contribution in [2.24, 2.45) is 0 Å². The summed E-state index contributed by atoms with van der Waals surface area (Å²) in [6.45, 7) is 0. The van der Waals surface area contributed by atoms with Crippen LogP contribution in [0.15, 0.2) is 191 Å². The van der Waals surface area contributed by atoms with E-state index in [9.17, 15) is 0 Å². The van der Waals surface area contributed by atoms with Gasteiger partial charge in [0.2, 0.25) is 0 Å². The Morgan fingerprint density at radius 1 is 0.333 bits per heavy atom. The van der Waals surface area contributed by atoms with Crippen LogP contribution in [-0.4, -0.2) is 19.5 Å². The first-order chi connectivity index (χ1) is 28.3. The second kappa shape index (κ2) is 12.3. The third-order valence-corrected chi connectivity index (χ3v) is 11.1. The van der Waals surface area contributed by atoms with Crippen LogP contribution in [0.1, 0.15) is 0 Å². The lowest BCUT2D eigenvalue weighted by Crippen LogP contribution is -2.00. The zero-order chi connectivity index (χ0) is 37.5. The number of furan rings is 2. The standard InChI is InChI=1S/C51H30N4O2/c1-3-14-31(15-4-1)49-52-50(32-16-5-2-6-17-32)54-51(53-49)39-22-13-27-44-48(39)47-37(21-12-26-43(47)56-44)36-20-11-25-42-46(36)38-29-28-33(30-45(38)57-42)55-40-23-9-7-18-34(40)35-19-8-10-24-41(35)55/h1-30H. The molecular formula is C51H30N4O2. The van der Waals surface area contributed by atoms with Gasteiger partial charge in [0, 0.05) is 60.8 Å². The lowest BCUT2D eigenvalue weighted by Gasteiger charge is -2.10. The molecule has 0 saturated carbocycles. The highest BCUT2D eigenvalue weighted by Gasteiger charge is 2.22. The molecule has 6 nitrogen and oxygen atoms in total. The van der Waals surface area contributed by atoms with Crippen molar-refractivity contribution in [2.45, 2.75) is 0 Å². The Labute approximate surface area is 325 Å². The van der Waals surface area contributed by atoms with Crippen molar-refractivity contribution in [1.82, 2.24) is 19.5 Å². The summed E-state index contributed by atoms with van der Waals surface area (Å²) in [5.41, 5.74) is 11.4. The molecule has 0 aliphatic rings. The molecule has 266 valence electrons. The highest BCUT2D eigenvalue weighted by atomic mass is 16.3. The van der Waals surface area contributed by atoms with Crippen molar-refractivity contribution >= 4 is 65.7 Å². The van der Waals surface area contributed by atoms with Crippen LogP contribution >= 0.6 is 0 Å². The Kier molecular flexibility index (Phi) is 6.83. The largest absolute Gasteiger partial charge is 0.456 e. The summed E-state index contributed by atoms with van der Waals surface area (Å²) < 4.78 is 15.6. The SMILES string of the molecule is c1ccc(-c2nc(-c3ccccc3)nc(-c3cccc4oc5cccc(-c6cccc7oc8cc(-n9c%10ccccc%10c%10ccccc%109)ccc8c67)c5c34)n2)cc1. The molecule has 4 heterocycles. The minimum Gasteiger partial charge on any atom is -0.456 e. The quantitative estimate of drug-likeness (QED) is 0.176. The summed E-state index contributed by atoms with van der Waals surface area (Å²) in [6, 6.07) is 62.5. The van der Waals surface area contributed by atoms with Gasteiger partial charge in [-0.15, -0.1) is 0 Å². The first-order valence-electron chi connectivity index (χ1n) is 19.0. The smallest absolute Gasteiger partial charge is 0.164 e. The van der Waals surface area contributed by atoms with E-state index >= 15 is 0 Å². The lowest BCUT2D eigenvalue weighted by molar-refractivity contribution is 0.668. The summed E-state index contributed by atoms with van der Waals surface area (Å²) >= 11 is 0. The highest BCUT2D eigenvalue weighted by Crippen LogP contribution is 2.45. The number of fused-ring (bicyclic) bond motifs is 9. The molecule has 12 rings (SSSR count). The van der Waals surface area contributed by atoms with Crippen LogP contribution in [0.25, 0.3) is 117 Å². The van der Waals surface area contributed by atoms with Gasteiger partial charge >= 0.3 is 0 Å². The van der Waals surface area contributed by atoms with Gasteiger partial charge < -0.3 is 13.4 Å². The molecule has 0 fully saturated rings. The van der Waals surface area contributed by atoms with E-state index in [1.165, 1.54) is 10.8 Å². The number of benzene rings is 8. The van der Waals surface area contributed by atoms with E-state index in [4.69, 9.17) is 23.8 Å². The molecule has 6 heteroatoms. The van der Waals surface area contributed by atoms with Crippen molar-refractivity contribution in [3.05, 3.63) is 182 Å². The third kappa shape index (κ3) is 4.87. The molecule has 0 bridgehead atoms. The molecule has 57 heavy (non-hydrogen) atoms. The summed E-state index contributed by atoms with van der Waals surface area (Å²) in [6.07, 6.45) is 0. The number of hydrogen-bond donors (Lipinski definition) is 0. The van der Waals surface area contributed by atoms with Crippen molar-refractivity contribution in [3.63, 3.8) is 0 Å². The average Bonchev–Trinajstić information content (AvgIpc) is 3.96. The van der Waals surface area contributed by atoms with Gasteiger partial charge in [-0.1, -0.05) is 133 Å². The molecule has 0 aliphatic carbocycles. The fourth-order valence-corrected chi connectivity index (χ4v) is 8.59. The summed E-state index contributed by atoms with van der Waals surface area (Å²) in [5, 5.41) is 6.50. The number of nitrogens with zero attached hydrogens (tertiary/aromatic N) is 4. The van der Waals surface area contributed by atoms with Crippen LogP contribution in [0.3, 0.4) is 0 Å². The summed E-state index contributed by atoms with van der Waals surface area (Å²) in [5.74, 6) is 1.80. The first kappa shape index (κ1) is 31.5. The van der Waals surface area contributed by atoms with Crippen molar-refractivity contribution < 1.29 is 8.83 Å². The van der Waals surface area contributed by atoms with E-state index in [1.807, 2.05) is 78.9 Å². The van der Waals surface area contributed by atoms with E-state index in [0.717, 1.165) is 88.4 Å². The molecule has 8 aromatic carbocycles. The first-order valence-corrected chi connectivity index (χ1v) is 19.0. The zero-order valence-corrected chi connectivity index (χ0v) is 30.4. The van der Waals surface area contributed by atoms with Gasteiger partial charge in [0.1, 0.15) is 22.3 Å². The molecule has 4 aromatic heterocycles. The number of hydrogen-bond acceptors (Lipinski definition) is 5. The Balaban J connectivity index is 1.08. The Bertz CT molecular complexity index is 3410. The molecule has 12 aromatic rings. The fraction of sp³-hybridized carbons (Fsp3) is 0. The van der Waals surface area contributed by atoms with Gasteiger partial charge in [-0.2, -0.15) is 0 Å². The molecule has 0 spiro atoms. The van der Waals surface area contributed by atoms with Gasteiger partial charge in [0.15, 0.2) is 17.5 Å². The van der Waals surface area contributed by atoms with Gasteiger partial charge in [-0.05, 0) is 53.6 Å². The van der Waals surface area contributed by atoms with Crippen LogP contribution in [0, 0.1) is 0 Å². The lowest BCUT2D eigenvalue weighted by atomic mass is 9.94. The molecule has 0 amide bonds. The predicted molar refractivity (Wildman–Crippen MR) is 230 cm³/mol. The maximum atomic E-state index is 6.70. The van der Waals surface area contributed by atoms with E-state index in [2.05, 4.69) is 108 Å². The van der Waals surface area contributed by atoms with E-state index in [0.29, 0.717) is 17.5 Å². The molecule has 0 unspecified atom stereocenters. The third-order valence-electron chi connectivity index (χ3n) is 11.1. The van der Waals surface area contributed by atoms with E-state index in [-0.39, 0.29) is 0 Å². The number of para-hydroxylation sites is 2. The minimum absolute atomic E-state index is 0.579. The number of rotatable bonds is 5. The summed E-state index contributed by atoms with van der Waals surface area (Å²) in [4.78, 5) is 15.2. The second-order valence-electron chi connectivity index (χ2n) is 14.3. The Morgan fingerprint density at radius 3 is 1.42 bits per heavy atom. The fourth-order valence-electron chi connectivity index (χ4n) is 8.59. The highest BCUT2D eigenvalue weighted by molar-refractivity contribution is 6.22. The van der Waals surface area contributed by atoms with E-state index < -0.39 is 0 Å². The van der Waals surface area contributed by atoms with Crippen molar-refractivity contribution in [1.29, 1.82) is 0 Å². The van der Waals surface area contributed by atoms with Crippen LogP contribution < -0.4 is 0 Å². The monoisotopic (exact) mass is 730 g/mol. The van der Waals surface area contributed by atoms with Crippen LogP contribution in [0.2, 0.25) is 0 Å². The predicted octanol–water partition coefficient (Wildman–Crippen LogP) is 13.4. The summed E-state index contributed by atoms with van der Waals surface area (Å²) in [7, 11) is 0. The van der Waals surface area contributed by atoms with Crippen LogP contribution in [0.4, 0.5) is 0 Å². The molecule has 0 saturated heterocycles. The molecule has 0 N–H and O–H groups in total.